The van der Waals surface area contributed by atoms with Crippen LogP contribution in [0.3, 0.4) is 0 Å². The van der Waals surface area contributed by atoms with E-state index in [9.17, 15) is 9.59 Å². The van der Waals surface area contributed by atoms with Gasteiger partial charge in [0.15, 0.2) is 11.4 Å². The molecule has 2 amide bonds. The smallest absolute Gasteiger partial charge is 0.253 e. The number of hydrogen-bond acceptors (Lipinski definition) is 5. The van der Waals surface area contributed by atoms with E-state index in [1.807, 2.05) is 16.0 Å². The van der Waals surface area contributed by atoms with Crippen LogP contribution < -0.4 is 5.32 Å². The van der Waals surface area contributed by atoms with Gasteiger partial charge in [-0.25, -0.2) is 4.99 Å². The Morgan fingerprint density at radius 2 is 1.48 bits per heavy atom. The first-order chi connectivity index (χ1) is 13.1. The van der Waals surface area contributed by atoms with Gasteiger partial charge in [0.1, 0.15) is 0 Å². The summed E-state index contributed by atoms with van der Waals surface area (Å²) in [7, 11) is 0. The summed E-state index contributed by atoms with van der Waals surface area (Å²) in [5, 5.41) is 11.8. The molecular weight excluding hydrogens is 362 g/mol. The quantitative estimate of drug-likeness (QED) is 0.374. The molecule has 0 bridgehead atoms. The number of thioether (sulfide) groups is 1. The van der Waals surface area contributed by atoms with Gasteiger partial charge in [0.25, 0.3) is 11.8 Å². The first kappa shape index (κ1) is 19.2. The highest BCUT2D eigenvalue weighted by molar-refractivity contribution is 8.13. The minimum absolute atomic E-state index is 0.0704. The Bertz CT molecular complexity index is 744. The number of likely N-dealkylation sites (tertiary alicyclic amines) is 2. The van der Waals surface area contributed by atoms with Crippen LogP contribution in [-0.2, 0) is 0 Å². The first-order valence-corrected chi connectivity index (χ1v) is 10.4. The number of amidine groups is 1. The highest BCUT2D eigenvalue weighted by Gasteiger charge is 2.24. The van der Waals surface area contributed by atoms with Crippen LogP contribution in [0.25, 0.3) is 0 Å². The van der Waals surface area contributed by atoms with Crippen LogP contribution in [0.1, 0.15) is 46.4 Å². The van der Waals surface area contributed by atoms with E-state index < -0.39 is 0 Å². The Hall–Kier alpha value is -2.53. The lowest BCUT2D eigenvalue weighted by Gasteiger charge is -2.18. The second kappa shape index (κ2) is 8.91. The van der Waals surface area contributed by atoms with Gasteiger partial charge < -0.3 is 9.80 Å². The van der Waals surface area contributed by atoms with Gasteiger partial charge in [-0.1, -0.05) is 11.8 Å². The fraction of sp³-hybridized carbons (Fsp3) is 0.474. The summed E-state index contributed by atoms with van der Waals surface area (Å²) in [6.45, 7) is 2.98. The third-order valence-electron chi connectivity index (χ3n) is 4.79. The van der Waals surface area contributed by atoms with E-state index in [0.717, 1.165) is 51.9 Å². The number of hydrogen-bond donors (Lipinski definition) is 1. The van der Waals surface area contributed by atoms with Gasteiger partial charge in [0, 0.05) is 37.3 Å². The summed E-state index contributed by atoms with van der Waals surface area (Å²) in [5.74, 6) is -0.141. The Morgan fingerprint density at radius 3 is 1.89 bits per heavy atom. The lowest BCUT2D eigenvalue weighted by molar-refractivity contribution is 0.0791. The SMILES string of the molecule is CSC(=Nc1cc(C(=O)N2CCCC2)cc(C(=O)N2CCCC2)c1)NC#N. The standard InChI is InChI=1S/C19H23N5O2S/c1-27-19(21-13-20)22-16-11-14(17(25)23-6-2-3-7-23)10-15(12-16)18(26)24-8-4-5-9-24/h10-12H,2-9H2,1H3,(H,21,22). The number of carbonyl (C=O) groups is 2. The summed E-state index contributed by atoms with van der Waals surface area (Å²) in [4.78, 5) is 33.8. The second-order valence-electron chi connectivity index (χ2n) is 6.63. The zero-order valence-electron chi connectivity index (χ0n) is 15.4. The fourth-order valence-corrected chi connectivity index (χ4v) is 3.76. The molecule has 0 aliphatic carbocycles. The maximum Gasteiger partial charge on any atom is 0.253 e. The van der Waals surface area contributed by atoms with Crippen molar-refractivity contribution in [1.82, 2.24) is 15.1 Å². The van der Waals surface area contributed by atoms with Crippen molar-refractivity contribution >= 4 is 34.4 Å². The molecule has 27 heavy (non-hydrogen) atoms. The molecule has 1 N–H and O–H groups in total. The van der Waals surface area contributed by atoms with Crippen molar-refractivity contribution in [2.45, 2.75) is 25.7 Å². The molecule has 0 saturated carbocycles. The Labute approximate surface area is 163 Å². The summed E-state index contributed by atoms with van der Waals surface area (Å²) in [6.07, 6.45) is 7.68. The number of rotatable bonds is 3. The molecule has 2 aliphatic heterocycles. The van der Waals surface area contributed by atoms with E-state index in [4.69, 9.17) is 5.26 Å². The molecule has 142 valence electrons. The molecule has 0 radical (unpaired) electrons. The van der Waals surface area contributed by atoms with E-state index in [1.54, 1.807) is 24.5 Å². The van der Waals surface area contributed by atoms with Crippen LogP contribution in [0, 0.1) is 11.5 Å². The molecule has 2 saturated heterocycles. The van der Waals surface area contributed by atoms with Crippen molar-refractivity contribution in [1.29, 1.82) is 5.26 Å². The normalized spacial score (nSPS) is 17.1. The number of benzene rings is 1. The number of aliphatic imine (C=N–C) groups is 1. The monoisotopic (exact) mass is 385 g/mol. The van der Waals surface area contributed by atoms with Gasteiger partial charge in [-0.15, -0.1) is 0 Å². The molecule has 2 heterocycles. The Morgan fingerprint density at radius 1 is 1.00 bits per heavy atom. The number of nitrogens with zero attached hydrogens (tertiary/aromatic N) is 4. The lowest BCUT2D eigenvalue weighted by Crippen LogP contribution is -2.29. The van der Waals surface area contributed by atoms with E-state index in [2.05, 4.69) is 10.3 Å². The Balaban J connectivity index is 1.97. The van der Waals surface area contributed by atoms with Crippen LogP contribution in [-0.4, -0.2) is 59.2 Å². The second-order valence-corrected chi connectivity index (χ2v) is 7.42. The zero-order chi connectivity index (χ0) is 19.2. The molecule has 0 spiro atoms. The maximum atomic E-state index is 12.9. The molecule has 0 aromatic heterocycles. The number of nitrogens with one attached hydrogen (secondary N) is 1. The number of amides is 2. The molecule has 0 unspecified atom stereocenters. The van der Waals surface area contributed by atoms with Gasteiger partial charge in [-0.2, -0.15) is 5.26 Å². The van der Waals surface area contributed by atoms with E-state index in [1.165, 1.54) is 11.8 Å². The predicted molar refractivity (Wildman–Crippen MR) is 106 cm³/mol. The van der Waals surface area contributed by atoms with Crippen molar-refractivity contribution in [3.63, 3.8) is 0 Å². The zero-order valence-corrected chi connectivity index (χ0v) is 16.2. The topological polar surface area (TPSA) is 88.8 Å². The van der Waals surface area contributed by atoms with Gasteiger partial charge in [-0.05, 0) is 50.1 Å². The van der Waals surface area contributed by atoms with Crippen LogP contribution in [0.4, 0.5) is 5.69 Å². The summed E-state index contributed by atoms with van der Waals surface area (Å²) >= 11 is 1.29. The third kappa shape index (κ3) is 4.61. The first-order valence-electron chi connectivity index (χ1n) is 9.14. The largest absolute Gasteiger partial charge is 0.339 e. The van der Waals surface area contributed by atoms with E-state index >= 15 is 0 Å². The van der Waals surface area contributed by atoms with Crippen molar-refractivity contribution in [2.75, 3.05) is 32.4 Å². The van der Waals surface area contributed by atoms with Gasteiger partial charge in [0.05, 0.1) is 5.69 Å². The van der Waals surface area contributed by atoms with Crippen LogP contribution in [0.5, 0.6) is 0 Å². The Kier molecular flexibility index (Phi) is 6.35. The number of nitriles is 1. The van der Waals surface area contributed by atoms with Crippen molar-refractivity contribution in [3.05, 3.63) is 29.3 Å². The molecular formula is C19H23N5O2S. The minimum Gasteiger partial charge on any atom is -0.339 e. The molecule has 1 aromatic carbocycles. The third-order valence-corrected chi connectivity index (χ3v) is 5.37. The van der Waals surface area contributed by atoms with E-state index in [0.29, 0.717) is 22.0 Å². The summed E-state index contributed by atoms with van der Waals surface area (Å²) in [6, 6.07) is 5.06. The van der Waals surface area contributed by atoms with Gasteiger partial charge in [-0.3, -0.25) is 14.9 Å². The number of carbonyl (C=O) groups excluding carboxylic acids is 2. The maximum absolute atomic E-state index is 12.9. The fourth-order valence-electron chi connectivity index (χ4n) is 3.42. The molecule has 8 heteroatoms. The molecule has 3 rings (SSSR count). The lowest BCUT2D eigenvalue weighted by atomic mass is 10.1. The van der Waals surface area contributed by atoms with Crippen molar-refractivity contribution in [3.8, 4) is 6.19 Å². The molecule has 2 aliphatic rings. The average Bonchev–Trinajstić information content (AvgIpc) is 3.40. The average molecular weight is 385 g/mol. The molecule has 0 atom stereocenters. The summed E-state index contributed by atoms with van der Waals surface area (Å²) in [5.41, 5.74) is 1.44. The van der Waals surface area contributed by atoms with Gasteiger partial charge in [0.2, 0.25) is 0 Å². The summed E-state index contributed by atoms with van der Waals surface area (Å²) < 4.78 is 0. The molecule has 7 nitrogen and oxygen atoms in total. The van der Waals surface area contributed by atoms with Crippen LogP contribution >= 0.6 is 11.8 Å². The molecule has 2 fully saturated rings. The highest BCUT2D eigenvalue weighted by Crippen LogP contribution is 2.24. The highest BCUT2D eigenvalue weighted by atomic mass is 32.2. The van der Waals surface area contributed by atoms with E-state index in [-0.39, 0.29) is 11.8 Å². The van der Waals surface area contributed by atoms with Crippen LogP contribution in [0.15, 0.2) is 23.2 Å². The molecule has 1 aromatic rings. The minimum atomic E-state index is -0.0704. The van der Waals surface area contributed by atoms with Crippen LogP contribution in [0.2, 0.25) is 0 Å². The van der Waals surface area contributed by atoms with Gasteiger partial charge >= 0.3 is 0 Å². The van der Waals surface area contributed by atoms with Crippen molar-refractivity contribution in [2.24, 2.45) is 4.99 Å². The predicted octanol–water partition coefficient (Wildman–Crippen LogP) is 2.58. The van der Waals surface area contributed by atoms with Crippen molar-refractivity contribution < 1.29 is 9.59 Å².